The van der Waals surface area contributed by atoms with Gasteiger partial charge in [0.05, 0.1) is 6.61 Å². The third kappa shape index (κ3) is 5.12. The minimum atomic E-state index is -0.578. The number of hydrogen-bond donors (Lipinski definition) is 2. The molecule has 1 unspecified atom stereocenters. The van der Waals surface area contributed by atoms with E-state index in [1.165, 1.54) is 19.3 Å². The van der Waals surface area contributed by atoms with Crippen LogP contribution in [0.1, 0.15) is 31.2 Å². The summed E-state index contributed by atoms with van der Waals surface area (Å²) >= 11 is 0. The molecule has 0 aliphatic heterocycles. The molecular weight excluding hydrogens is 254 g/mol. The van der Waals surface area contributed by atoms with E-state index in [0.29, 0.717) is 13.2 Å². The molecule has 1 aliphatic carbocycles. The molecule has 112 valence electrons. The zero-order chi connectivity index (χ0) is 14.2. The molecule has 1 saturated carbocycles. The maximum absolute atomic E-state index is 9.78. The van der Waals surface area contributed by atoms with Crippen molar-refractivity contribution in [2.75, 3.05) is 19.8 Å². The summed E-state index contributed by atoms with van der Waals surface area (Å²) in [5, 5.41) is 9.78. The first kappa shape index (κ1) is 15.3. The summed E-state index contributed by atoms with van der Waals surface area (Å²) in [4.78, 5) is 0. The van der Waals surface area contributed by atoms with Gasteiger partial charge in [-0.25, -0.2) is 0 Å². The second kappa shape index (κ2) is 8.25. The van der Waals surface area contributed by atoms with Crippen LogP contribution >= 0.6 is 0 Å². The predicted molar refractivity (Wildman–Crippen MR) is 78.6 cm³/mol. The molecule has 0 spiro atoms. The van der Waals surface area contributed by atoms with E-state index in [0.717, 1.165) is 30.3 Å². The van der Waals surface area contributed by atoms with Gasteiger partial charge in [-0.1, -0.05) is 31.4 Å². The Morgan fingerprint density at radius 2 is 1.95 bits per heavy atom. The molecule has 4 heteroatoms. The van der Waals surface area contributed by atoms with Crippen molar-refractivity contribution in [1.29, 1.82) is 0 Å². The van der Waals surface area contributed by atoms with Gasteiger partial charge >= 0.3 is 0 Å². The van der Waals surface area contributed by atoms with Crippen LogP contribution in [0.25, 0.3) is 0 Å². The third-order valence-corrected chi connectivity index (χ3v) is 3.81. The van der Waals surface area contributed by atoms with Crippen LogP contribution < -0.4 is 10.5 Å². The van der Waals surface area contributed by atoms with Gasteiger partial charge in [-0.15, -0.1) is 0 Å². The molecule has 0 aromatic heterocycles. The maximum Gasteiger partial charge on any atom is 0.119 e. The number of hydrogen-bond acceptors (Lipinski definition) is 4. The summed E-state index contributed by atoms with van der Waals surface area (Å²) in [6, 6.07) is 7.59. The van der Waals surface area contributed by atoms with Crippen LogP contribution in [0.3, 0.4) is 0 Å². The SMILES string of the molecule is NCc1ccc(OCC(O)COCCC2CCC2)cc1. The van der Waals surface area contributed by atoms with Gasteiger partial charge in [-0.2, -0.15) is 0 Å². The highest BCUT2D eigenvalue weighted by Gasteiger charge is 2.16. The summed E-state index contributed by atoms with van der Waals surface area (Å²) in [7, 11) is 0. The first-order valence-corrected chi connectivity index (χ1v) is 7.45. The summed E-state index contributed by atoms with van der Waals surface area (Å²) in [5.41, 5.74) is 6.60. The summed E-state index contributed by atoms with van der Waals surface area (Å²) in [6.07, 6.45) is 4.59. The maximum atomic E-state index is 9.78. The van der Waals surface area contributed by atoms with Crippen molar-refractivity contribution in [3.05, 3.63) is 29.8 Å². The van der Waals surface area contributed by atoms with E-state index in [9.17, 15) is 5.11 Å². The third-order valence-electron chi connectivity index (χ3n) is 3.81. The number of nitrogens with two attached hydrogens (primary N) is 1. The monoisotopic (exact) mass is 279 g/mol. The fraction of sp³-hybridized carbons (Fsp3) is 0.625. The average molecular weight is 279 g/mol. The van der Waals surface area contributed by atoms with Gasteiger partial charge < -0.3 is 20.3 Å². The van der Waals surface area contributed by atoms with Crippen molar-refractivity contribution in [1.82, 2.24) is 0 Å². The summed E-state index contributed by atoms with van der Waals surface area (Å²) < 4.78 is 11.0. The first-order chi connectivity index (χ1) is 9.78. The van der Waals surface area contributed by atoms with Gasteiger partial charge in [0.15, 0.2) is 0 Å². The lowest BCUT2D eigenvalue weighted by Gasteiger charge is -2.25. The number of aliphatic hydroxyl groups excluding tert-OH is 1. The topological polar surface area (TPSA) is 64.7 Å². The summed E-state index contributed by atoms with van der Waals surface area (Å²) in [6.45, 7) is 1.86. The lowest BCUT2D eigenvalue weighted by Crippen LogP contribution is -2.24. The first-order valence-electron chi connectivity index (χ1n) is 7.45. The number of aliphatic hydroxyl groups is 1. The molecule has 0 heterocycles. The van der Waals surface area contributed by atoms with Crippen LogP contribution in [-0.4, -0.2) is 31.0 Å². The molecule has 2 rings (SSSR count). The van der Waals surface area contributed by atoms with E-state index in [1.54, 1.807) is 0 Å². The van der Waals surface area contributed by atoms with E-state index < -0.39 is 6.10 Å². The van der Waals surface area contributed by atoms with Crippen molar-refractivity contribution in [2.24, 2.45) is 11.7 Å². The second-order valence-corrected chi connectivity index (χ2v) is 5.47. The highest BCUT2D eigenvalue weighted by atomic mass is 16.5. The van der Waals surface area contributed by atoms with Gasteiger partial charge in [0, 0.05) is 13.2 Å². The molecule has 1 aromatic carbocycles. The molecule has 0 saturated heterocycles. The van der Waals surface area contributed by atoms with Crippen molar-refractivity contribution in [3.63, 3.8) is 0 Å². The molecular formula is C16H25NO3. The standard InChI is InChI=1S/C16H25NO3/c17-10-14-4-6-16(7-5-14)20-12-15(18)11-19-9-8-13-2-1-3-13/h4-7,13,15,18H,1-3,8-12,17H2. The van der Waals surface area contributed by atoms with Crippen LogP contribution in [-0.2, 0) is 11.3 Å². The highest BCUT2D eigenvalue weighted by Crippen LogP contribution is 2.29. The Balaban J connectivity index is 1.55. The van der Waals surface area contributed by atoms with Gasteiger partial charge in [-0.3, -0.25) is 0 Å². The zero-order valence-electron chi connectivity index (χ0n) is 12.0. The molecule has 0 radical (unpaired) electrons. The molecule has 0 amide bonds. The molecule has 1 fully saturated rings. The Labute approximate surface area is 120 Å². The van der Waals surface area contributed by atoms with Gasteiger partial charge in [0.2, 0.25) is 0 Å². The molecule has 1 atom stereocenters. The summed E-state index contributed by atoms with van der Waals surface area (Å²) in [5.74, 6) is 1.60. The molecule has 4 nitrogen and oxygen atoms in total. The Morgan fingerprint density at radius 3 is 2.55 bits per heavy atom. The minimum Gasteiger partial charge on any atom is -0.491 e. The largest absolute Gasteiger partial charge is 0.491 e. The van der Waals surface area contributed by atoms with E-state index in [4.69, 9.17) is 15.2 Å². The average Bonchev–Trinajstić information content (AvgIpc) is 2.43. The van der Waals surface area contributed by atoms with Crippen LogP contribution in [0.4, 0.5) is 0 Å². The fourth-order valence-electron chi connectivity index (χ4n) is 2.21. The number of ether oxygens (including phenoxy) is 2. The highest BCUT2D eigenvalue weighted by molar-refractivity contribution is 5.27. The van der Waals surface area contributed by atoms with Crippen molar-refractivity contribution in [3.8, 4) is 5.75 Å². The number of benzene rings is 1. The van der Waals surface area contributed by atoms with Crippen molar-refractivity contribution >= 4 is 0 Å². The van der Waals surface area contributed by atoms with Crippen molar-refractivity contribution in [2.45, 2.75) is 38.3 Å². The Morgan fingerprint density at radius 1 is 1.20 bits per heavy atom. The second-order valence-electron chi connectivity index (χ2n) is 5.47. The van der Waals surface area contributed by atoms with Crippen LogP contribution in [0.5, 0.6) is 5.75 Å². The smallest absolute Gasteiger partial charge is 0.119 e. The van der Waals surface area contributed by atoms with E-state index in [1.807, 2.05) is 24.3 Å². The van der Waals surface area contributed by atoms with E-state index in [2.05, 4.69) is 0 Å². The lowest BCUT2D eigenvalue weighted by molar-refractivity contribution is 0.00559. The van der Waals surface area contributed by atoms with E-state index in [-0.39, 0.29) is 6.61 Å². The van der Waals surface area contributed by atoms with Crippen molar-refractivity contribution < 1.29 is 14.6 Å². The van der Waals surface area contributed by atoms with Crippen LogP contribution in [0, 0.1) is 5.92 Å². The molecule has 1 aromatic rings. The fourth-order valence-corrected chi connectivity index (χ4v) is 2.21. The molecule has 1 aliphatic rings. The molecule has 0 bridgehead atoms. The Hall–Kier alpha value is -1.10. The molecule has 3 N–H and O–H groups in total. The zero-order valence-corrected chi connectivity index (χ0v) is 12.0. The van der Waals surface area contributed by atoms with Gasteiger partial charge in [-0.05, 0) is 30.0 Å². The van der Waals surface area contributed by atoms with Gasteiger partial charge in [0.1, 0.15) is 18.5 Å². The Kier molecular flexibility index (Phi) is 6.30. The van der Waals surface area contributed by atoms with E-state index >= 15 is 0 Å². The van der Waals surface area contributed by atoms with Crippen LogP contribution in [0.2, 0.25) is 0 Å². The predicted octanol–water partition coefficient (Wildman–Crippen LogP) is 2.09. The minimum absolute atomic E-state index is 0.255. The number of rotatable bonds is 9. The quantitative estimate of drug-likeness (QED) is 0.679. The molecule has 20 heavy (non-hydrogen) atoms. The van der Waals surface area contributed by atoms with Gasteiger partial charge in [0.25, 0.3) is 0 Å². The van der Waals surface area contributed by atoms with Crippen LogP contribution in [0.15, 0.2) is 24.3 Å². The lowest BCUT2D eigenvalue weighted by atomic mass is 9.83. The Bertz CT molecular complexity index is 376. The normalized spacial score (nSPS) is 16.7.